The van der Waals surface area contributed by atoms with Crippen LogP contribution in [0.3, 0.4) is 0 Å². The minimum Gasteiger partial charge on any atom is -0.456 e. The van der Waals surface area contributed by atoms with Crippen molar-refractivity contribution in [3.63, 3.8) is 0 Å². The number of furan rings is 2. The first-order chi connectivity index (χ1) is 35.6. The standard InChI is InChI=1S/C66H46N4O2/c1-3-67-55-23-13-11-21-49(55)65-57(67)25-15-27-59(65)69(45-17-7-5-8-18-45)47-31-29-41-35-51-53-39-64-54(40-63(53)71-61(51)37-43(41)33-47)52-36-42-30-32-48(34-44(42)38-62(52)72-64)70(46-19-9-6-10-20-46)60-28-16-26-58-66(60)50-22-12-14-24-56(50)68(58)4-2/h5-40H,3-4H2,1-2H3. The molecule has 15 aromatic rings. The van der Waals surface area contributed by atoms with Crippen molar-refractivity contribution in [1.82, 2.24) is 9.13 Å². The Labute approximate surface area is 414 Å². The van der Waals surface area contributed by atoms with Crippen molar-refractivity contribution in [3.8, 4) is 0 Å². The predicted molar refractivity (Wildman–Crippen MR) is 303 cm³/mol. The molecule has 0 unspecified atom stereocenters. The Hall–Kier alpha value is -9.26. The van der Waals surface area contributed by atoms with Gasteiger partial charge in [0.2, 0.25) is 0 Å². The first-order valence-electron chi connectivity index (χ1n) is 25.0. The largest absolute Gasteiger partial charge is 0.456 e. The SMILES string of the molecule is CCn1c2ccccc2c2c(N(c3ccccc3)c3ccc4cc5c(cc4c3)oc3cc4c(cc35)oc3cc5cc(N(c6ccccc6)c6cccc7c6c6ccccc6n7CC)ccc5cc34)cccc21. The second-order valence-corrected chi connectivity index (χ2v) is 19.0. The average Bonchev–Trinajstić information content (AvgIpc) is 4.16. The Bertz CT molecular complexity index is 4370. The number of hydrogen-bond acceptors (Lipinski definition) is 4. The summed E-state index contributed by atoms with van der Waals surface area (Å²) in [5.74, 6) is 0. The molecule has 0 saturated carbocycles. The fourth-order valence-electron chi connectivity index (χ4n) is 12.0. The van der Waals surface area contributed by atoms with Crippen molar-refractivity contribution >= 4 is 143 Å². The molecule has 0 spiro atoms. The van der Waals surface area contributed by atoms with E-state index in [-0.39, 0.29) is 0 Å². The Kier molecular flexibility index (Phi) is 8.81. The molecule has 15 rings (SSSR count). The van der Waals surface area contributed by atoms with E-state index in [1.54, 1.807) is 0 Å². The highest BCUT2D eigenvalue weighted by atomic mass is 16.3. The van der Waals surface area contributed by atoms with Crippen LogP contribution in [-0.2, 0) is 13.1 Å². The summed E-state index contributed by atoms with van der Waals surface area (Å²) in [6.45, 7) is 6.23. The highest BCUT2D eigenvalue weighted by Crippen LogP contribution is 2.47. The summed E-state index contributed by atoms with van der Waals surface area (Å²) in [6.07, 6.45) is 0. The van der Waals surface area contributed by atoms with Crippen LogP contribution < -0.4 is 9.80 Å². The molecule has 6 nitrogen and oxygen atoms in total. The zero-order chi connectivity index (χ0) is 47.6. The van der Waals surface area contributed by atoms with Crippen LogP contribution in [0, 0.1) is 0 Å². The smallest absolute Gasteiger partial charge is 0.136 e. The lowest BCUT2D eigenvalue weighted by Crippen LogP contribution is -2.10. The third kappa shape index (κ3) is 5.96. The Morgan fingerprint density at radius 1 is 0.306 bits per heavy atom. The molecule has 0 saturated heterocycles. The summed E-state index contributed by atoms with van der Waals surface area (Å²) in [6, 6.07) is 79.2. The van der Waals surface area contributed by atoms with E-state index in [1.165, 1.54) is 43.6 Å². The molecule has 0 aliphatic rings. The number of anilines is 6. The quantitative estimate of drug-likeness (QED) is 0.152. The van der Waals surface area contributed by atoms with Crippen LogP contribution in [0.2, 0.25) is 0 Å². The van der Waals surface area contributed by atoms with Gasteiger partial charge in [-0.05, 0) is 157 Å². The first-order valence-corrected chi connectivity index (χ1v) is 25.0. The van der Waals surface area contributed by atoms with E-state index in [2.05, 4.69) is 251 Å². The van der Waals surface area contributed by atoms with E-state index in [0.29, 0.717) is 0 Å². The maximum absolute atomic E-state index is 6.79. The number of rotatable bonds is 8. The van der Waals surface area contributed by atoms with Gasteiger partial charge < -0.3 is 27.8 Å². The number of para-hydroxylation sites is 4. The molecular weight excluding hydrogens is 881 g/mol. The lowest BCUT2D eigenvalue weighted by molar-refractivity contribution is 0.664. The maximum atomic E-state index is 6.79. The molecule has 0 atom stereocenters. The van der Waals surface area contributed by atoms with Crippen molar-refractivity contribution in [2.75, 3.05) is 9.80 Å². The van der Waals surface area contributed by atoms with Gasteiger partial charge >= 0.3 is 0 Å². The van der Waals surface area contributed by atoms with Crippen molar-refractivity contribution < 1.29 is 8.83 Å². The van der Waals surface area contributed by atoms with E-state index >= 15 is 0 Å². The topological polar surface area (TPSA) is 42.6 Å². The number of fused-ring (bicyclic) bond motifs is 14. The van der Waals surface area contributed by atoms with Gasteiger partial charge in [-0.2, -0.15) is 0 Å². The average molecular weight is 927 g/mol. The van der Waals surface area contributed by atoms with E-state index in [1.807, 2.05) is 0 Å². The minimum atomic E-state index is 0.841. The lowest BCUT2D eigenvalue weighted by Gasteiger charge is -2.27. The van der Waals surface area contributed by atoms with Crippen molar-refractivity contribution in [1.29, 1.82) is 0 Å². The molecule has 0 aliphatic carbocycles. The van der Waals surface area contributed by atoms with Crippen LogP contribution in [0.1, 0.15) is 13.8 Å². The van der Waals surface area contributed by atoms with Crippen LogP contribution >= 0.6 is 0 Å². The van der Waals surface area contributed by atoms with E-state index in [4.69, 9.17) is 8.83 Å². The van der Waals surface area contributed by atoms with Crippen LogP contribution in [0.4, 0.5) is 34.1 Å². The summed E-state index contributed by atoms with van der Waals surface area (Å²) in [7, 11) is 0. The molecule has 4 aromatic heterocycles. The fraction of sp³-hybridized carbons (Fsp3) is 0.0606. The highest BCUT2D eigenvalue weighted by Gasteiger charge is 2.23. The summed E-state index contributed by atoms with van der Waals surface area (Å²) >= 11 is 0. The molecule has 342 valence electrons. The minimum absolute atomic E-state index is 0.841. The molecule has 0 fully saturated rings. The summed E-state index contributed by atoms with van der Waals surface area (Å²) in [4.78, 5) is 4.79. The van der Waals surface area contributed by atoms with Gasteiger partial charge in [-0.1, -0.05) is 97.1 Å². The summed E-state index contributed by atoms with van der Waals surface area (Å²) < 4.78 is 18.4. The highest BCUT2D eigenvalue weighted by molar-refractivity contribution is 6.20. The van der Waals surface area contributed by atoms with Crippen molar-refractivity contribution in [2.45, 2.75) is 26.9 Å². The molecule has 0 radical (unpaired) electrons. The zero-order valence-electron chi connectivity index (χ0n) is 39.8. The second-order valence-electron chi connectivity index (χ2n) is 19.0. The van der Waals surface area contributed by atoms with Crippen LogP contribution in [0.15, 0.2) is 227 Å². The number of benzene rings is 11. The molecule has 0 bridgehead atoms. The van der Waals surface area contributed by atoms with Crippen LogP contribution in [0.5, 0.6) is 0 Å². The molecule has 72 heavy (non-hydrogen) atoms. The third-order valence-corrected chi connectivity index (χ3v) is 15.2. The number of aromatic nitrogens is 2. The van der Waals surface area contributed by atoms with Gasteiger partial charge in [0, 0.05) is 90.0 Å². The first kappa shape index (κ1) is 40.6. The van der Waals surface area contributed by atoms with Gasteiger partial charge in [0.25, 0.3) is 0 Å². The van der Waals surface area contributed by atoms with E-state index < -0.39 is 0 Å². The van der Waals surface area contributed by atoms with Crippen molar-refractivity contribution in [3.05, 3.63) is 218 Å². The summed E-state index contributed by atoms with van der Waals surface area (Å²) in [5.41, 5.74) is 15.0. The second kappa shape index (κ2) is 15.6. The molecule has 0 aliphatic heterocycles. The fourth-order valence-corrected chi connectivity index (χ4v) is 12.0. The van der Waals surface area contributed by atoms with E-state index in [0.717, 1.165) is 113 Å². The molecule has 6 heteroatoms. The van der Waals surface area contributed by atoms with Gasteiger partial charge in [-0.25, -0.2) is 0 Å². The molecular formula is C66H46N4O2. The van der Waals surface area contributed by atoms with Gasteiger partial charge in [-0.15, -0.1) is 0 Å². The Morgan fingerprint density at radius 2 is 0.694 bits per heavy atom. The molecule has 4 heterocycles. The van der Waals surface area contributed by atoms with E-state index in [9.17, 15) is 0 Å². The van der Waals surface area contributed by atoms with Gasteiger partial charge in [0.05, 0.1) is 22.4 Å². The van der Waals surface area contributed by atoms with Crippen LogP contribution in [-0.4, -0.2) is 9.13 Å². The van der Waals surface area contributed by atoms with Gasteiger partial charge in [-0.3, -0.25) is 0 Å². The van der Waals surface area contributed by atoms with Crippen LogP contribution in [0.25, 0.3) is 109 Å². The normalized spacial score (nSPS) is 12.1. The molecule has 11 aromatic carbocycles. The number of hydrogen-bond donors (Lipinski definition) is 0. The van der Waals surface area contributed by atoms with Gasteiger partial charge in [0.1, 0.15) is 22.3 Å². The molecule has 0 amide bonds. The Morgan fingerprint density at radius 3 is 1.14 bits per heavy atom. The summed E-state index contributed by atoms with van der Waals surface area (Å²) in [5, 5.41) is 13.7. The van der Waals surface area contributed by atoms with Crippen molar-refractivity contribution in [2.24, 2.45) is 0 Å². The molecule has 0 N–H and O–H groups in total. The van der Waals surface area contributed by atoms with Gasteiger partial charge in [0.15, 0.2) is 0 Å². The monoisotopic (exact) mass is 926 g/mol. The maximum Gasteiger partial charge on any atom is 0.136 e. The zero-order valence-corrected chi connectivity index (χ0v) is 39.8. The lowest BCUT2D eigenvalue weighted by atomic mass is 10.0. The number of nitrogens with zero attached hydrogens (tertiary/aromatic N) is 4. The predicted octanol–water partition coefficient (Wildman–Crippen LogP) is 19.0. The number of aryl methyl sites for hydroxylation is 2. The Balaban J connectivity index is 0.841. The third-order valence-electron chi connectivity index (χ3n) is 15.2.